The number of esters is 1. The summed E-state index contributed by atoms with van der Waals surface area (Å²) in [6, 6.07) is 9.17. The number of hydrogen-bond donors (Lipinski definition) is 1. The maximum absolute atomic E-state index is 11.9. The predicted molar refractivity (Wildman–Crippen MR) is 107 cm³/mol. The quantitative estimate of drug-likeness (QED) is 0.297. The van der Waals surface area contributed by atoms with Crippen LogP contribution in [0.2, 0.25) is 0 Å². The number of ether oxygens (including phenoxy) is 5. The summed E-state index contributed by atoms with van der Waals surface area (Å²) in [6.07, 6.45) is -1.58. The van der Waals surface area contributed by atoms with Crippen LogP contribution in [0.25, 0.3) is 10.8 Å². The van der Waals surface area contributed by atoms with Gasteiger partial charge in [0.1, 0.15) is 12.4 Å². The Bertz CT molecular complexity index is 894. The van der Waals surface area contributed by atoms with Gasteiger partial charge in [-0.1, -0.05) is 30.8 Å². The van der Waals surface area contributed by atoms with Gasteiger partial charge in [0, 0.05) is 29.3 Å². The van der Waals surface area contributed by atoms with E-state index in [2.05, 4.69) is 11.9 Å². The van der Waals surface area contributed by atoms with Crippen LogP contribution in [0.5, 0.6) is 17.2 Å². The Hall–Kier alpha value is -3.42. The largest absolute Gasteiger partial charge is 0.493 e. The Morgan fingerprint density at radius 3 is 2.41 bits per heavy atom. The second-order valence-corrected chi connectivity index (χ2v) is 6.09. The van der Waals surface area contributed by atoms with E-state index in [4.69, 9.17) is 23.7 Å². The summed E-state index contributed by atoms with van der Waals surface area (Å²) in [4.78, 5) is 23.2. The highest BCUT2D eigenvalue weighted by molar-refractivity contribution is 5.95. The zero-order valence-electron chi connectivity index (χ0n) is 16.9. The van der Waals surface area contributed by atoms with Gasteiger partial charge in [-0.2, -0.15) is 0 Å². The van der Waals surface area contributed by atoms with Gasteiger partial charge in [0.05, 0.1) is 20.8 Å². The third kappa shape index (κ3) is 5.78. The van der Waals surface area contributed by atoms with Crippen molar-refractivity contribution in [1.29, 1.82) is 0 Å². The van der Waals surface area contributed by atoms with Gasteiger partial charge in [-0.3, -0.25) is 0 Å². The van der Waals surface area contributed by atoms with Crippen LogP contribution in [-0.2, 0) is 14.3 Å². The zero-order valence-corrected chi connectivity index (χ0v) is 16.9. The lowest BCUT2D eigenvalue weighted by atomic mass is 10.1. The molecule has 0 aromatic heterocycles. The molecule has 8 nitrogen and oxygen atoms in total. The zero-order chi connectivity index (χ0) is 21.4. The Kier molecular flexibility index (Phi) is 7.70. The van der Waals surface area contributed by atoms with Crippen molar-refractivity contribution in [3.05, 3.63) is 42.5 Å². The number of alkyl carbamates (subject to hydrolysis) is 1. The molecule has 8 heteroatoms. The Balaban J connectivity index is 1.99. The second-order valence-electron chi connectivity index (χ2n) is 6.09. The Labute approximate surface area is 169 Å². The lowest BCUT2D eigenvalue weighted by molar-refractivity contribution is -0.138. The maximum Gasteiger partial charge on any atom is 0.410 e. The molecule has 0 spiro atoms. The molecular weight excluding hydrogens is 378 g/mol. The molecule has 0 aliphatic heterocycles. The third-order valence-electron chi connectivity index (χ3n) is 3.87. The average molecular weight is 403 g/mol. The molecule has 0 bridgehead atoms. The molecule has 1 N–H and O–H groups in total. The number of methoxy groups -OCH3 is 2. The van der Waals surface area contributed by atoms with E-state index in [1.165, 1.54) is 7.11 Å². The van der Waals surface area contributed by atoms with E-state index in [1.807, 2.05) is 24.3 Å². The fraction of sp³-hybridized carbons (Fsp3) is 0.333. The first-order valence-corrected chi connectivity index (χ1v) is 8.94. The molecule has 156 valence electrons. The molecule has 2 aromatic carbocycles. The van der Waals surface area contributed by atoms with Crippen molar-refractivity contribution in [3.8, 4) is 17.2 Å². The number of hydrogen-bond acceptors (Lipinski definition) is 7. The highest BCUT2D eigenvalue weighted by Gasteiger charge is 2.17. The summed E-state index contributed by atoms with van der Waals surface area (Å²) in [6.45, 7) is 6.72. The van der Waals surface area contributed by atoms with Gasteiger partial charge in [-0.25, -0.2) is 9.59 Å². The fourth-order valence-electron chi connectivity index (χ4n) is 2.57. The lowest BCUT2D eigenvalue weighted by Crippen LogP contribution is -2.32. The number of carbonyl (C=O) groups is 2. The van der Waals surface area contributed by atoms with Crippen LogP contribution in [-0.4, -0.2) is 45.7 Å². The molecule has 0 saturated heterocycles. The number of benzene rings is 2. The number of amides is 1. The smallest absolute Gasteiger partial charge is 0.410 e. The van der Waals surface area contributed by atoms with Gasteiger partial charge in [-0.05, 0) is 6.92 Å². The molecular formula is C21H25NO7. The van der Waals surface area contributed by atoms with Crippen molar-refractivity contribution in [2.45, 2.75) is 20.1 Å². The van der Waals surface area contributed by atoms with Crippen molar-refractivity contribution in [2.24, 2.45) is 0 Å². The SMILES string of the molecule is C=C(C)C(=O)OCCNC(=O)OC(C)Oc1cc(OC)c(OC)c2ccccc12. The van der Waals surface area contributed by atoms with Crippen LogP contribution in [0.4, 0.5) is 4.79 Å². The molecule has 2 rings (SSSR count). The first-order valence-electron chi connectivity index (χ1n) is 8.94. The number of rotatable bonds is 9. The average Bonchev–Trinajstić information content (AvgIpc) is 2.70. The molecule has 1 atom stereocenters. The standard InChI is InChI=1S/C21H25NO7/c1-13(2)20(23)27-11-10-22-21(24)29-14(3)28-17-12-18(25-4)19(26-5)16-9-7-6-8-15(16)17/h6-9,12,14H,1,10-11H2,2-5H3,(H,22,24). The Morgan fingerprint density at radius 1 is 1.10 bits per heavy atom. The summed E-state index contributed by atoms with van der Waals surface area (Å²) >= 11 is 0. The van der Waals surface area contributed by atoms with E-state index in [1.54, 1.807) is 27.0 Å². The number of carbonyl (C=O) groups excluding carboxylic acids is 2. The molecule has 2 aromatic rings. The normalized spacial score (nSPS) is 11.3. The summed E-state index contributed by atoms with van der Waals surface area (Å²) in [7, 11) is 3.10. The predicted octanol–water partition coefficient (Wildman–Crippen LogP) is 3.43. The van der Waals surface area contributed by atoms with Gasteiger partial charge in [0.2, 0.25) is 6.29 Å². The van der Waals surface area contributed by atoms with Crippen LogP contribution in [0, 0.1) is 0 Å². The molecule has 0 heterocycles. The van der Waals surface area contributed by atoms with E-state index < -0.39 is 18.4 Å². The fourth-order valence-corrected chi connectivity index (χ4v) is 2.57. The minimum Gasteiger partial charge on any atom is -0.493 e. The van der Waals surface area contributed by atoms with Gasteiger partial charge in [0.25, 0.3) is 0 Å². The molecule has 29 heavy (non-hydrogen) atoms. The van der Waals surface area contributed by atoms with Crippen LogP contribution >= 0.6 is 0 Å². The van der Waals surface area contributed by atoms with Crippen molar-refractivity contribution < 1.29 is 33.3 Å². The molecule has 1 unspecified atom stereocenters. The van der Waals surface area contributed by atoms with Crippen molar-refractivity contribution in [2.75, 3.05) is 27.4 Å². The lowest BCUT2D eigenvalue weighted by Gasteiger charge is -2.19. The van der Waals surface area contributed by atoms with Crippen LogP contribution in [0.15, 0.2) is 42.5 Å². The van der Waals surface area contributed by atoms with E-state index >= 15 is 0 Å². The molecule has 0 saturated carbocycles. The highest BCUT2D eigenvalue weighted by Crippen LogP contribution is 2.41. The van der Waals surface area contributed by atoms with E-state index in [0.717, 1.165) is 10.8 Å². The first-order chi connectivity index (χ1) is 13.9. The molecule has 1 amide bonds. The molecule has 0 radical (unpaired) electrons. The topological polar surface area (TPSA) is 92.3 Å². The van der Waals surface area contributed by atoms with E-state index in [9.17, 15) is 9.59 Å². The Morgan fingerprint density at radius 2 is 1.79 bits per heavy atom. The van der Waals surface area contributed by atoms with Crippen LogP contribution in [0.1, 0.15) is 13.8 Å². The van der Waals surface area contributed by atoms with Crippen molar-refractivity contribution >= 4 is 22.8 Å². The molecule has 0 aliphatic carbocycles. The van der Waals surface area contributed by atoms with Crippen LogP contribution in [0.3, 0.4) is 0 Å². The van der Waals surface area contributed by atoms with E-state index in [0.29, 0.717) is 17.2 Å². The van der Waals surface area contributed by atoms with Crippen molar-refractivity contribution in [3.63, 3.8) is 0 Å². The van der Waals surface area contributed by atoms with Gasteiger partial charge >= 0.3 is 12.1 Å². The summed E-state index contributed by atoms with van der Waals surface area (Å²) in [5.74, 6) is 1.05. The van der Waals surface area contributed by atoms with Crippen LogP contribution < -0.4 is 19.5 Å². The summed E-state index contributed by atoms with van der Waals surface area (Å²) < 4.78 is 26.7. The molecule has 0 aliphatic rings. The first kappa shape index (κ1) is 21.9. The summed E-state index contributed by atoms with van der Waals surface area (Å²) in [5, 5.41) is 4.07. The third-order valence-corrected chi connectivity index (χ3v) is 3.87. The monoisotopic (exact) mass is 403 g/mol. The minimum absolute atomic E-state index is 0.0103. The number of nitrogens with one attached hydrogen (secondary N) is 1. The van der Waals surface area contributed by atoms with Gasteiger partial charge in [-0.15, -0.1) is 0 Å². The highest BCUT2D eigenvalue weighted by atomic mass is 16.7. The maximum atomic E-state index is 11.9. The molecule has 0 fully saturated rings. The minimum atomic E-state index is -0.880. The number of fused-ring (bicyclic) bond motifs is 1. The van der Waals surface area contributed by atoms with Gasteiger partial charge in [0.15, 0.2) is 11.5 Å². The van der Waals surface area contributed by atoms with Gasteiger partial charge < -0.3 is 29.0 Å². The van der Waals surface area contributed by atoms with E-state index in [-0.39, 0.29) is 18.7 Å². The van der Waals surface area contributed by atoms with Crippen molar-refractivity contribution in [1.82, 2.24) is 5.32 Å². The second kappa shape index (κ2) is 10.2. The summed E-state index contributed by atoms with van der Waals surface area (Å²) in [5.41, 5.74) is 0.289.